The van der Waals surface area contributed by atoms with Crippen LogP contribution in [-0.4, -0.2) is 27.7 Å². The van der Waals surface area contributed by atoms with Gasteiger partial charge in [-0.15, -0.1) is 0 Å². The van der Waals surface area contributed by atoms with Gasteiger partial charge in [-0.3, -0.25) is 0 Å². The lowest BCUT2D eigenvalue weighted by molar-refractivity contribution is 0.309. The van der Waals surface area contributed by atoms with Crippen molar-refractivity contribution in [3.05, 3.63) is 30.3 Å². The van der Waals surface area contributed by atoms with E-state index in [-0.39, 0.29) is 0 Å². The summed E-state index contributed by atoms with van der Waals surface area (Å²) >= 11 is 1.50. The molecule has 0 aliphatic carbocycles. The van der Waals surface area contributed by atoms with E-state index >= 15 is 0 Å². The number of ether oxygens (including phenoxy) is 2. The number of fused-ring (bicyclic) bond motifs is 1. The predicted octanol–water partition coefficient (Wildman–Crippen LogP) is 4.08. The number of benzene rings is 2. The quantitative estimate of drug-likeness (QED) is 0.591. The summed E-state index contributed by atoms with van der Waals surface area (Å²) in [6, 6.07) is 10.1. The minimum absolute atomic E-state index is 0.584. The standard InChI is InChI=1S/C19H18N4O2S/c1-2-24-12-9-14-17-15(10-12)25-7-3-6-23(17)18(21-14)11-4-5-13-16(8-11)26-19(20)22-13/h4-5,8-10H,2-3,6-7H2,1H3,(H2,20,22). The molecule has 3 heterocycles. The molecule has 2 aromatic heterocycles. The maximum Gasteiger partial charge on any atom is 0.181 e. The summed E-state index contributed by atoms with van der Waals surface area (Å²) in [6.45, 7) is 4.15. The van der Waals surface area contributed by atoms with E-state index in [1.54, 1.807) is 0 Å². The molecule has 0 unspecified atom stereocenters. The van der Waals surface area contributed by atoms with Crippen LogP contribution in [0, 0.1) is 0 Å². The summed E-state index contributed by atoms with van der Waals surface area (Å²) in [5.74, 6) is 2.57. The van der Waals surface area contributed by atoms with E-state index in [9.17, 15) is 0 Å². The average Bonchev–Trinajstić information content (AvgIpc) is 3.09. The van der Waals surface area contributed by atoms with Crippen molar-refractivity contribution in [2.75, 3.05) is 18.9 Å². The van der Waals surface area contributed by atoms with Crippen LogP contribution in [-0.2, 0) is 6.54 Å². The van der Waals surface area contributed by atoms with Crippen molar-refractivity contribution >= 4 is 37.7 Å². The molecule has 2 N–H and O–H groups in total. The zero-order valence-electron chi connectivity index (χ0n) is 14.4. The molecule has 0 bridgehead atoms. The third-order valence-corrected chi connectivity index (χ3v) is 5.39. The van der Waals surface area contributed by atoms with Crippen LogP contribution < -0.4 is 15.2 Å². The number of nitrogens with two attached hydrogens (primary N) is 1. The second kappa shape index (κ2) is 5.88. The number of hydrogen-bond donors (Lipinski definition) is 1. The second-order valence-corrected chi connectivity index (χ2v) is 7.31. The van der Waals surface area contributed by atoms with Gasteiger partial charge < -0.3 is 19.8 Å². The second-order valence-electron chi connectivity index (χ2n) is 6.25. The highest BCUT2D eigenvalue weighted by atomic mass is 32.1. The largest absolute Gasteiger partial charge is 0.494 e. The van der Waals surface area contributed by atoms with Crippen molar-refractivity contribution in [2.24, 2.45) is 0 Å². The first-order valence-corrected chi connectivity index (χ1v) is 9.51. The highest BCUT2D eigenvalue weighted by Gasteiger charge is 2.20. The maximum absolute atomic E-state index is 5.96. The smallest absolute Gasteiger partial charge is 0.181 e. The van der Waals surface area contributed by atoms with Crippen molar-refractivity contribution in [1.29, 1.82) is 0 Å². The lowest BCUT2D eigenvalue weighted by atomic mass is 10.2. The van der Waals surface area contributed by atoms with E-state index in [0.717, 1.165) is 57.1 Å². The molecule has 5 rings (SSSR count). The van der Waals surface area contributed by atoms with Crippen LogP contribution in [0.4, 0.5) is 5.13 Å². The number of aromatic nitrogens is 3. The monoisotopic (exact) mass is 366 g/mol. The van der Waals surface area contributed by atoms with E-state index in [0.29, 0.717) is 18.3 Å². The van der Waals surface area contributed by atoms with Crippen molar-refractivity contribution in [3.63, 3.8) is 0 Å². The molecular weight excluding hydrogens is 348 g/mol. The SMILES string of the molecule is CCOc1cc2c3c(c1)nc(-c1ccc4nc(N)sc4c1)n3CCCO2. The Balaban J connectivity index is 1.74. The predicted molar refractivity (Wildman–Crippen MR) is 104 cm³/mol. The Hall–Kier alpha value is -2.80. The summed E-state index contributed by atoms with van der Waals surface area (Å²) in [6.07, 6.45) is 0.937. The molecule has 26 heavy (non-hydrogen) atoms. The van der Waals surface area contributed by atoms with Gasteiger partial charge in [-0.25, -0.2) is 9.97 Å². The highest BCUT2D eigenvalue weighted by molar-refractivity contribution is 7.22. The number of hydrogen-bond acceptors (Lipinski definition) is 6. The fraction of sp³-hybridized carbons (Fsp3) is 0.263. The van der Waals surface area contributed by atoms with Crippen LogP contribution in [0.2, 0.25) is 0 Å². The molecule has 1 aliphatic rings. The zero-order chi connectivity index (χ0) is 17.7. The summed E-state index contributed by atoms with van der Waals surface area (Å²) < 4.78 is 15.0. The van der Waals surface area contributed by atoms with Gasteiger partial charge in [0, 0.05) is 24.2 Å². The van der Waals surface area contributed by atoms with Crippen molar-refractivity contribution < 1.29 is 9.47 Å². The number of anilines is 1. The Kier molecular flexibility index (Phi) is 3.49. The average molecular weight is 366 g/mol. The molecule has 0 amide bonds. The Morgan fingerprint density at radius 3 is 3.04 bits per heavy atom. The number of rotatable bonds is 3. The Bertz CT molecular complexity index is 1130. The first-order chi connectivity index (χ1) is 12.7. The molecule has 1 aliphatic heterocycles. The molecule has 4 aromatic rings. The molecular formula is C19H18N4O2S. The maximum atomic E-state index is 5.96. The van der Waals surface area contributed by atoms with Crippen LogP contribution in [0.25, 0.3) is 32.6 Å². The van der Waals surface area contributed by atoms with E-state index in [1.807, 2.05) is 25.1 Å². The molecule has 0 saturated heterocycles. The van der Waals surface area contributed by atoms with Crippen molar-refractivity contribution in [3.8, 4) is 22.9 Å². The van der Waals surface area contributed by atoms with Gasteiger partial charge in [0.15, 0.2) is 5.13 Å². The molecule has 0 atom stereocenters. The van der Waals surface area contributed by atoms with Crippen LogP contribution in [0.5, 0.6) is 11.5 Å². The number of thiazole rings is 1. The van der Waals surface area contributed by atoms with E-state index < -0.39 is 0 Å². The summed E-state index contributed by atoms with van der Waals surface area (Å²) in [5, 5.41) is 0.584. The van der Waals surface area contributed by atoms with Gasteiger partial charge >= 0.3 is 0 Å². The zero-order valence-corrected chi connectivity index (χ0v) is 15.2. The Morgan fingerprint density at radius 2 is 2.15 bits per heavy atom. The molecule has 0 fully saturated rings. The summed E-state index contributed by atoms with van der Waals surface area (Å²) in [4.78, 5) is 9.25. The van der Waals surface area contributed by atoms with Gasteiger partial charge in [-0.05, 0) is 31.5 Å². The molecule has 0 radical (unpaired) electrons. The minimum atomic E-state index is 0.584. The summed E-state index contributed by atoms with van der Waals surface area (Å²) in [5.41, 5.74) is 9.76. The van der Waals surface area contributed by atoms with Crippen LogP contribution in [0.1, 0.15) is 13.3 Å². The van der Waals surface area contributed by atoms with Crippen LogP contribution in [0.3, 0.4) is 0 Å². The van der Waals surface area contributed by atoms with E-state index in [1.165, 1.54) is 11.3 Å². The van der Waals surface area contributed by atoms with Gasteiger partial charge in [-0.2, -0.15) is 0 Å². The molecule has 0 saturated carbocycles. The highest BCUT2D eigenvalue weighted by Crippen LogP contribution is 2.37. The van der Waals surface area contributed by atoms with Gasteiger partial charge in [0.1, 0.15) is 22.8 Å². The number of imidazole rings is 1. The van der Waals surface area contributed by atoms with Gasteiger partial charge in [0.05, 0.1) is 28.9 Å². The van der Waals surface area contributed by atoms with Gasteiger partial charge in [-0.1, -0.05) is 11.3 Å². The molecule has 2 aromatic carbocycles. The van der Waals surface area contributed by atoms with Gasteiger partial charge in [0.2, 0.25) is 0 Å². The third kappa shape index (κ3) is 2.39. The number of nitrogen functional groups attached to an aromatic ring is 1. The van der Waals surface area contributed by atoms with Crippen LogP contribution in [0.15, 0.2) is 30.3 Å². The minimum Gasteiger partial charge on any atom is -0.494 e. The first kappa shape index (κ1) is 15.5. The van der Waals surface area contributed by atoms with Crippen LogP contribution >= 0.6 is 11.3 Å². The Morgan fingerprint density at radius 1 is 1.23 bits per heavy atom. The fourth-order valence-corrected chi connectivity index (χ4v) is 4.26. The number of aryl methyl sites for hydroxylation is 1. The first-order valence-electron chi connectivity index (χ1n) is 8.69. The molecule has 7 heteroatoms. The lowest BCUT2D eigenvalue weighted by Gasteiger charge is -2.08. The fourth-order valence-electron chi connectivity index (χ4n) is 3.49. The summed E-state index contributed by atoms with van der Waals surface area (Å²) in [7, 11) is 0. The Labute approximate surface area is 154 Å². The topological polar surface area (TPSA) is 75.2 Å². The normalized spacial score (nSPS) is 13.7. The number of nitrogens with zero attached hydrogens (tertiary/aromatic N) is 3. The van der Waals surface area contributed by atoms with Crippen molar-refractivity contribution in [2.45, 2.75) is 19.9 Å². The molecule has 132 valence electrons. The van der Waals surface area contributed by atoms with E-state index in [2.05, 4.69) is 21.7 Å². The van der Waals surface area contributed by atoms with E-state index in [4.69, 9.17) is 20.2 Å². The lowest BCUT2D eigenvalue weighted by Crippen LogP contribution is -2.01. The molecule has 0 spiro atoms. The van der Waals surface area contributed by atoms with Crippen molar-refractivity contribution in [1.82, 2.24) is 14.5 Å². The van der Waals surface area contributed by atoms with Gasteiger partial charge in [0.25, 0.3) is 0 Å². The molecule has 6 nitrogen and oxygen atoms in total. The third-order valence-electron chi connectivity index (χ3n) is 4.54.